The molecule has 3 heterocycles. The molecule has 3 aliphatic rings. The Hall–Kier alpha value is -0.0000000000000000694. The lowest BCUT2D eigenvalue weighted by Gasteiger charge is -2.44. The van der Waals surface area contributed by atoms with Crippen molar-refractivity contribution >= 4 is 24.4 Å². The number of hydrogen-bond acceptors (Lipinski definition) is 5. The SMILES string of the molecule is CCCCNC(=O)C12COP(=S)(OC1)OC2. The molecule has 7 heteroatoms. The van der Waals surface area contributed by atoms with Crippen molar-refractivity contribution < 1.29 is 18.4 Å². The summed E-state index contributed by atoms with van der Waals surface area (Å²) in [5, 5.41) is 2.88. The molecule has 2 bridgehead atoms. The molecule has 3 aliphatic heterocycles. The smallest absolute Gasteiger partial charge is 0.327 e. The van der Waals surface area contributed by atoms with Crippen molar-refractivity contribution in [1.82, 2.24) is 5.32 Å². The number of carbonyl (C=O) groups is 1. The third-order valence-corrected chi connectivity index (χ3v) is 5.08. The van der Waals surface area contributed by atoms with Gasteiger partial charge in [-0.1, -0.05) is 13.3 Å². The van der Waals surface area contributed by atoms with Gasteiger partial charge in [-0.2, -0.15) is 0 Å². The molecular formula is C9H16NO4PS. The Bertz CT molecular complexity index is 304. The largest absolute Gasteiger partial charge is 0.355 e. The molecule has 3 fully saturated rings. The van der Waals surface area contributed by atoms with Crippen LogP contribution in [0.4, 0.5) is 0 Å². The van der Waals surface area contributed by atoms with Crippen LogP contribution in [0, 0.1) is 5.41 Å². The van der Waals surface area contributed by atoms with Crippen molar-refractivity contribution in [2.45, 2.75) is 19.8 Å². The Morgan fingerprint density at radius 2 is 1.94 bits per heavy atom. The third-order valence-electron chi connectivity index (χ3n) is 2.79. The quantitative estimate of drug-likeness (QED) is 0.611. The zero-order valence-corrected chi connectivity index (χ0v) is 10.9. The van der Waals surface area contributed by atoms with Crippen LogP contribution in [0.15, 0.2) is 0 Å². The summed E-state index contributed by atoms with van der Waals surface area (Å²) in [5.74, 6) is -0.0538. The van der Waals surface area contributed by atoms with Gasteiger partial charge in [0.25, 0.3) is 0 Å². The van der Waals surface area contributed by atoms with Crippen molar-refractivity contribution in [2.24, 2.45) is 5.41 Å². The molecular weight excluding hydrogens is 249 g/mol. The van der Waals surface area contributed by atoms with E-state index in [1.54, 1.807) is 0 Å². The first-order chi connectivity index (χ1) is 7.60. The second kappa shape index (κ2) is 4.70. The highest BCUT2D eigenvalue weighted by Crippen LogP contribution is 2.60. The summed E-state index contributed by atoms with van der Waals surface area (Å²) in [7, 11) is 0. The average Bonchev–Trinajstić information content (AvgIpc) is 2.31. The first-order valence-electron chi connectivity index (χ1n) is 5.42. The molecule has 0 aromatic carbocycles. The molecule has 0 aliphatic carbocycles. The van der Waals surface area contributed by atoms with Crippen molar-refractivity contribution in [3.63, 3.8) is 0 Å². The number of amides is 1. The van der Waals surface area contributed by atoms with E-state index in [-0.39, 0.29) is 5.91 Å². The van der Waals surface area contributed by atoms with Gasteiger partial charge >= 0.3 is 6.72 Å². The number of hydrogen-bond donors (Lipinski definition) is 1. The van der Waals surface area contributed by atoms with Gasteiger partial charge in [0.2, 0.25) is 5.91 Å². The van der Waals surface area contributed by atoms with Crippen LogP contribution in [0.1, 0.15) is 19.8 Å². The molecule has 1 N–H and O–H groups in total. The lowest BCUT2D eigenvalue weighted by atomic mass is 9.90. The number of rotatable bonds is 4. The second-order valence-electron chi connectivity index (χ2n) is 4.16. The fraction of sp³-hybridized carbons (Fsp3) is 0.889. The Balaban J connectivity index is 1.93. The molecule has 1 amide bonds. The molecule has 0 spiro atoms. The summed E-state index contributed by atoms with van der Waals surface area (Å²) in [4.78, 5) is 12.0. The van der Waals surface area contributed by atoms with E-state index >= 15 is 0 Å². The maximum atomic E-state index is 12.0. The molecule has 92 valence electrons. The van der Waals surface area contributed by atoms with Crippen LogP contribution in [-0.2, 0) is 30.2 Å². The van der Waals surface area contributed by atoms with Crippen LogP contribution in [0.25, 0.3) is 0 Å². The maximum absolute atomic E-state index is 12.0. The van der Waals surface area contributed by atoms with Crippen LogP contribution >= 0.6 is 6.72 Å². The topological polar surface area (TPSA) is 56.8 Å². The molecule has 0 radical (unpaired) electrons. The van der Waals surface area contributed by atoms with Gasteiger partial charge in [-0.3, -0.25) is 4.79 Å². The molecule has 5 nitrogen and oxygen atoms in total. The summed E-state index contributed by atoms with van der Waals surface area (Å²) in [5.41, 5.74) is -0.686. The maximum Gasteiger partial charge on any atom is 0.327 e. The average molecular weight is 265 g/mol. The van der Waals surface area contributed by atoms with Crippen molar-refractivity contribution in [1.29, 1.82) is 0 Å². The Morgan fingerprint density at radius 1 is 1.38 bits per heavy atom. The molecule has 0 aromatic rings. The molecule has 16 heavy (non-hydrogen) atoms. The number of carbonyl (C=O) groups excluding carboxylic acids is 1. The van der Waals surface area contributed by atoms with Crippen LogP contribution in [0.5, 0.6) is 0 Å². The van der Waals surface area contributed by atoms with Crippen molar-refractivity contribution in [2.75, 3.05) is 26.4 Å². The normalized spacial score (nSPS) is 37.3. The lowest BCUT2D eigenvalue weighted by molar-refractivity contribution is -0.148. The van der Waals surface area contributed by atoms with Crippen LogP contribution in [0.2, 0.25) is 0 Å². The number of unbranched alkanes of at least 4 members (excludes halogenated alkanes) is 1. The van der Waals surface area contributed by atoms with E-state index in [9.17, 15) is 4.79 Å². The highest BCUT2D eigenvalue weighted by molar-refractivity contribution is 8.07. The summed E-state index contributed by atoms with van der Waals surface area (Å²) in [6, 6.07) is 0. The van der Waals surface area contributed by atoms with Gasteiger partial charge in [-0.05, 0) is 18.2 Å². The van der Waals surface area contributed by atoms with Gasteiger partial charge in [0.1, 0.15) is 5.41 Å². The standard InChI is InChI=1S/C9H16NO4PS/c1-2-3-4-10-8(11)9-5-12-15(16,13-6-9)14-7-9/h2-7H2,1H3,(H,10,11). The van der Waals surface area contributed by atoms with Gasteiger partial charge in [-0.15, -0.1) is 0 Å². The zero-order valence-electron chi connectivity index (χ0n) is 9.23. The van der Waals surface area contributed by atoms with E-state index in [1.165, 1.54) is 0 Å². The number of fused-ring (bicyclic) bond motifs is 3. The summed E-state index contributed by atoms with van der Waals surface area (Å²) >= 11 is 5.05. The zero-order chi connectivity index (χ0) is 11.6. The Kier molecular flexibility index (Phi) is 3.66. The molecule has 0 saturated carbocycles. The van der Waals surface area contributed by atoms with Gasteiger partial charge in [-0.25, -0.2) is 0 Å². The lowest BCUT2D eigenvalue weighted by Crippen LogP contribution is -2.54. The van der Waals surface area contributed by atoms with Gasteiger partial charge in [0, 0.05) is 6.54 Å². The predicted molar refractivity (Wildman–Crippen MR) is 62.5 cm³/mol. The minimum Gasteiger partial charge on any atom is -0.355 e. The first kappa shape index (κ1) is 12.5. The Labute approximate surface area is 100 Å². The summed E-state index contributed by atoms with van der Waals surface area (Å²) < 4.78 is 15.9. The van der Waals surface area contributed by atoms with Crippen LogP contribution < -0.4 is 5.32 Å². The second-order valence-corrected chi connectivity index (χ2v) is 7.17. The minimum absolute atomic E-state index is 0.0538. The van der Waals surface area contributed by atoms with E-state index in [0.29, 0.717) is 26.4 Å². The highest BCUT2D eigenvalue weighted by Gasteiger charge is 2.52. The summed E-state index contributed by atoms with van der Waals surface area (Å²) in [6.07, 6.45) is 2.03. The molecule has 3 saturated heterocycles. The third kappa shape index (κ3) is 2.31. The fourth-order valence-electron chi connectivity index (χ4n) is 1.61. The Morgan fingerprint density at radius 3 is 2.44 bits per heavy atom. The van der Waals surface area contributed by atoms with Gasteiger partial charge in [0.05, 0.1) is 19.8 Å². The van der Waals surface area contributed by atoms with Crippen LogP contribution in [-0.4, -0.2) is 32.3 Å². The van der Waals surface area contributed by atoms with Crippen LogP contribution in [0.3, 0.4) is 0 Å². The predicted octanol–water partition coefficient (Wildman–Crippen LogP) is 1.19. The highest BCUT2D eigenvalue weighted by atomic mass is 32.5. The monoisotopic (exact) mass is 265 g/mol. The van der Waals surface area contributed by atoms with E-state index in [2.05, 4.69) is 12.2 Å². The van der Waals surface area contributed by atoms with E-state index in [0.717, 1.165) is 12.8 Å². The van der Waals surface area contributed by atoms with E-state index in [1.807, 2.05) is 0 Å². The molecule has 0 unspecified atom stereocenters. The summed E-state index contributed by atoms with van der Waals surface area (Å²) in [6.45, 7) is 1.24. The molecule has 3 rings (SSSR count). The van der Waals surface area contributed by atoms with Crippen molar-refractivity contribution in [3.05, 3.63) is 0 Å². The molecule has 0 aromatic heterocycles. The van der Waals surface area contributed by atoms with E-state index in [4.69, 9.17) is 25.4 Å². The van der Waals surface area contributed by atoms with E-state index < -0.39 is 12.1 Å². The minimum atomic E-state index is -2.49. The fourth-order valence-corrected chi connectivity index (χ4v) is 3.52. The molecule has 0 atom stereocenters. The number of nitrogens with one attached hydrogen (secondary N) is 1. The van der Waals surface area contributed by atoms with Gasteiger partial charge < -0.3 is 18.9 Å². The van der Waals surface area contributed by atoms with Crippen molar-refractivity contribution in [3.8, 4) is 0 Å². The first-order valence-corrected chi connectivity index (χ1v) is 7.98. The van der Waals surface area contributed by atoms with Gasteiger partial charge in [0.15, 0.2) is 0 Å².